The monoisotopic (exact) mass is 1070 g/mol. The van der Waals surface area contributed by atoms with Gasteiger partial charge in [-0.2, -0.15) is 0 Å². The Morgan fingerprint density at radius 2 is 0.506 bits per heavy atom. The molecule has 0 aliphatic carbocycles. The fraction of sp³-hybridized carbons (Fsp3) is 0.789. The molecule has 0 aromatic rings. The third-order valence-electron chi connectivity index (χ3n) is 14.7. The van der Waals surface area contributed by atoms with E-state index in [-0.39, 0.29) is 31.1 Å². The number of hydrogen-bond acceptors (Lipinski definition) is 6. The molecule has 0 saturated carbocycles. The van der Waals surface area contributed by atoms with Gasteiger partial charge in [0.05, 0.1) is 0 Å². The largest absolute Gasteiger partial charge is 0.462 e. The van der Waals surface area contributed by atoms with Crippen molar-refractivity contribution >= 4 is 17.9 Å². The maximum absolute atomic E-state index is 12.9. The number of carbonyl (C=O) groups excluding carboxylic acids is 3. The van der Waals surface area contributed by atoms with E-state index in [1.807, 2.05) is 0 Å². The second-order valence-electron chi connectivity index (χ2n) is 22.4. The van der Waals surface area contributed by atoms with Gasteiger partial charge in [-0.1, -0.05) is 325 Å². The first-order valence-corrected chi connectivity index (χ1v) is 33.4. The van der Waals surface area contributed by atoms with E-state index in [4.69, 9.17) is 14.2 Å². The van der Waals surface area contributed by atoms with Gasteiger partial charge in [0.2, 0.25) is 0 Å². The van der Waals surface area contributed by atoms with Gasteiger partial charge in [-0.15, -0.1) is 0 Å². The van der Waals surface area contributed by atoms with Crippen LogP contribution >= 0.6 is 0 Å². The Balaban J connectivity index is 4.41. The maximum Gasteiger partial charge on any atom is 0.306 e. The molecule has 0 aromatic heterocycles. The van der Waals surface area contributed by atoms with E-state index < -0.39 is 6.10 Å². The summed E-state index contributed by atoms with van der Waals surface area (Å²) in [6, 6.07) is 0. The van der Waals surface area contributed by atoms with Crippen LogP contribution in [0.15, 0.2) is 72.9 Å². The molecular weight excluding hydrogens is 949 g/mol. The molecule has 0 amide bonds. The number of hydrogen-bond donors (Lipinski definition) is 0. The van der Waals surface area contributed by atoms with E-state index in [1.165, 1.54) is 205 Å². The molecule has 6 heteroatoms. The van der Waals surface area contributed by atoms with Crippen LogP contribution < -0.4 is 0 Å². The van der Waals surface area contributed by atoms with Gasteiger partial charge in [0.15, 0.2) is 6.10 Å². The Bertz CT molecular complexity index is 1420. The minimum atomic E-state index is -0.792. The summed E-state index contributed by atoms with van der Waals surface area (Å²) in [5.74, 6) is -0.908. The normalized spacial score (nSPS) is 12.5. The quantitative estimate of drug-likeness (QED) is 0.0261. The van der Waals surface area contributed by atoms with Crippen molar-refractivity contribution in [3.8, 4) is 0 Å². The highest BCUT2D eigenvalue weighted by molar-refractivity contribution is 5.71. The number of unbranched alkanes of at least 4 members (excludes halogenated alkanes) is 38. The van der Waals surface area contributed by atoms with Crippen LogP contribution in [0.4, 0.5) is 0 Å². The molecular formula is C71H126O6. The zero-order chi connectivity index (χ0) is 55.7. The molecule has 0 rings (SSSR count). The predicted octanol–water partition coefficient (Wildman–Crippen LogP) is 22.9. The lowest BCUT2D eigenvalue weighted by atomic mass is 10.0. The van der Waals surface area contributed by atoms with E-state index in [9.17, 15) is 14.4 Å². The molecule has 0 aromatic carbocycles. The van der Waals surface area contributed by atoms with Gasteiger partial charge in [0.1, 0.15) is 13.2 Å². The van der Waals surface area contributed by atoms with Gasteiger partial charge in [-0.3, -0.25) is 14.4 Å². The van der Waals surface area contributed by atoms with E-state index in [2.05, 4.69) is 93.7 Å². The first-order valence-electron chi connectivity index (χ1n) is 33.4. The zero-order valence-electron chi connectivity index (χ0n) is 51.2. The number of ether oxygens (including phenoxy) is 3. The fourth-order valence-electron chi connectivity index (χ4n) is 9.74. The maximum atomic E-state index is 12.9. The van der Waals surface area contributed by atoms with Crippen molar-refractivity contribution < 1.29 is 28.6 Å². The van der Waals surface area contributed by atoms with Gasteiger partial charge < -0.3 is 14.2 Å². The van der Waals surface area contributed by atoms with Crippen molar-refractivity contribution in [1.82, 2.24) is 0 Å². The molecule has 1 unspecified atom stereocenters. The summed E-state index contributed by atoms with van der Waals surface area (Å²) in [6.45, 7) is 6.55. The van der Waals surface area contributed by atoms with Gasteiger partial charge in [0, 0.05) is 19.3 Å². The number of esters is 3. The van der Waals surface area contributed by atoms with E-state index in [0.717, 1.165) is 96.3 Å². The van der Waals surface area contributed by atoms with E-state index in [1.54, 1.807) is 0 Å². The smallest absolute Gasteiger partial charge is 0.306 e. The highest BCUT2D eigenvalue weighted by Gasteiger charge is 2.19. The molecule has 0 aliphatic heterocycles. The third kappa shape index (κ3) is 63.6. The van der Waals surface area contributed by atoms with Crippen molar-refractivity contribution in [2.75, 3.05) is 13.2 Å². The topological polar surface area (TPSA) is 78.9 Å². The van der Waals surface area contributed by atoms with Crippen LogP contribution in [0.2, 0.25) is 0 Å². The minimum Gasteiger partial charge on any atom is -0.462 e. The van der Waals surface area contributed by atoms with Crippen molar-refractivity contribution in [1.29, 1.82) is 0 Å². The summed E-state index contributed by atoms with van der Waals surface area (Å²) in [5.41, 5.74) is 0. The van der Waals surface area contributed by atoms with Gasteiger partial charge >= 0.3 is 17.9 Å². The van der Waals surface area contributed by atoms with Crippen LogP contribution in [0.1, 0.15) is 342 Å². The average Bonchev–Trinajstić information content (AvgIpc) is 3.43. The second-order valence-corrected chi connectivity index (χ2v) is 22.4. The van der Waals surface area contributed by atoms with Crippen LogP contribution in [0.3, 0.4) is 0 Å². The van der Waals surface area contributed by atoms with Crippen molar-refractivity contribution in [3.63, 3.8) is 0 Å². The number of rotatable bonds is 61. The first kappa shape index (κ1) is 73.8. The SMILES string of the molecule is CC/C=C\C/C=C\C/C=C\C/C=C\C/C=C\C/C=C\CCCCC(=O)OCC(COC(=O)CCCCCCCCCCCCCCCCCCCCC)OC(=O)CCCCCCCCCCCCCCCCCCCCC. The van der Waals surface area contributed by atoms with Gasteiger partial charge in [-0.05, 0) is 70.6 Å². The lowest BCUT2D eigenvalue weighted by Gasteiger charge is -2.18. The van der Waals surface area contributed by atoms with Crippen molar-refractivity contribution in [2.24, 2.45) is 0 Å². The summed E-state index contributed by atoms with van der Waals surface area (Å²) in [7, 11) is 0. The summed E-state index contributed by atoms with van der Waals surface area (Å²) >= 11 is 0. The molecule has 0 saturated heterocycles. The molecule has 0 bridgehead atoms. The summed E-state index contributed by atoms with van der Waals surface area (Å²) in [6.07, 6.45) is 84.9. The minimum absolute atomic E-state index is 0.0845. The van der Waals surface area contributed by atoms with Gasteiger partial charge in [-0.25, -0.2) is 0 Å². The van der Waals surface area contributed by atoms with Crippen LogP contribution in [0.5, 0.6) is 0 Å². The van der Waals surface area contributed by atoms with Crippen LogP contribution in [-0.2, 0) is 28.6 Å². The lowest BCUT2D eigenvalue weighted by Crippen LogP contribution is -2.30. The number of allylic oxidation sites excluding steroid dienone is 12. The Labute approximate surface area is 478 Å². The Kier molecular flexibility index (Phi) is 62.7. The molecule has 1 atom stereocenters. The highest BCUT2D eigenvalue weighted by Crippen LogP contribution is 2.18. The van der Waals surface area contributed by atoms with E-state index in [0.29, 0.717) is 19.3 Å². The number of carbonyl (C=O) groups is 3. The second kappa shape index (κ2) is 65.4. The van der Waals surface area contributed by atoms with Crippen molar-refractivity contribution in [3.05, 3.63) is 72.9 Å². The van der Waals surface area contributed by atoms with Crippen LogP contribution in [-0.4, -0.2) is 37.2 Å². The molecule has 0 fully saturated rings. The van der Waals surface area contributed by atoms with Gasteiger partial charge in [0.25, 0.3) is 0 Å². The highest BCUT2D eigenvalue weighted by atomic mass is 16.6. The zero-order valence-corrected chi connectivity index (χ0v) is 51.2. The Morgan fingerprint density at radius 3 is 0.792 bits per heavy atom. The predicted molar refractivity (Wildman–Crippen MR) is 335 cm³/mol. The van der Waals surface area contributed by atoms with Crippen molar-refractivity contribution in [2.45, 2.75) is 348 Å². The molecule has 446 valence electrons. The molecule has 0 aliphatic rings. The molecule has 0 radical (unpaired) electrons. The fourth-order valence-corrected chi connectivity index (χ4v) is 9.74. The summed E-state index contributed by atoms with van der Waals surface area (Å²) in [4.78, 5) is 38.4. The van der Waals surface area contributed by atoms with Crippen LogP contribution in [0, 0.1) is 0 Å². The third-order valence-corrected chi connectivity index (χ3v) is 14.7. The molecule has 0 N–H and O–H groups in total. The first-order chi connectivity index (χ1) is 38.0. The van der Waals surface area contributed by atoms with E-state index >= 15 is 0 Å². The Morgan fingerprint density at radius 1 is 0.273 bits per heavy atom. The standard InChI is InChI=1S/C71H126O6/c1-4-7-10-13-16-19-22-25-28-31-34-35-38-40-43-46-49-52-55-58-61-64-70(73)76-67-68(77-71(74)65-62-59-56-53-50-47-44-41-37-33-30-27-24-21-18-15-12-9-6-3)66-75-69(72)63-60-57-54-51-48-45-42-39-36-32-29-26-23-20-17-14-11-8-5-2/h7,10,16,19,25,28,34-35,40,43,49,52,68H,4-6,8-9,11-15,17-18,20-24,26-27,29-33,36-39,41-42,44-48,50-51,53-67H2,1-3H3/b10-7-,19-16-,28-25-,35-34-,43-40-,52-49-. The molecule has 0 spiro atoms. The lowest BCUT2D eigenvalue weighted by molar-refractivity contribution is -0.167. The summed E-state index contributed by atoms with van der Waals surface area (Å²) < 4.78 is 16.9. The average molecular weight is 1080 g/mol. The van der Waals surface area contributed by atoms with Crippen LogP contribution in [0.25, 0.3) is 0 Å². The molecule has 6 nitrogen and oxygen atoms in total. The Hall–Kier alpha value is -3.15. The summed E-state index contributed by atoms with van der Waals surface area (Å²) in [5, 5.41) is 0. The molecule has 77 heavy (non-hydrogen) atoms. The molecule has 0 heterocycles.